The van der Waals surface area contributed by atoms with E-state index in [0.717, 1.165) is 0 Å². The molecule has 0 aliphatic rings. The highest BCUT2D eigenvalue weighted by Crippen LogP contribution is 1.99. The zero-order valence-corrected chi connectivity index (χ0v) is 11.5. The fraction of sp³-hybridized carbons (Fsp3) is 0.667. The normalized spacial score (nSPS) is 10.7. The Bertz CT molecular complexity index is 287. The molecule has 0 fully saturated rings. The van der Waals surface area contributed by atoms with E-state index in [9.17, 15) is 4.79 Å². The number of Topliss-reactive ketones (excluding diaryl/α,β-unsaturated/α-hetero) is 1. The van der Waals surface area contributed by atoms with Crippen molar-refractivity contribution in [2.45, 2.75) is 6.92 Å². The first-order valence-corrected chi connectivity index (χ1v) is 5.33. The van der Waals surface area contributed by atoms with E-state index < -0.39 is 0 Å². The fourth-order valence-corrected chi connectivity index (χ4v) is 1.31. The minimum Gasteiger partial charge on any atom is -0.355 e. The summed E-state index contributed by atoms with van der Waals surface area (Å²) in [5.41, 5.74) is 0. The van der Waals surface area contributed by atoms with E-state index in [2.05, 4.69) is 5.32 Å². The van der Waals surface area contributed by atoms with Gasteiger partial charge < -0.3 is 4.90 Å². The molecular weight excluding hydrogens is 230 g/mol. The summed E-state index contributed by atoms with van der Waals surface area (Å²) in [6.45, 7) is 1.91. The summed E-state index contributed by atoms with van der Waals surface area (Å²) < 4.78 is 0.318. The van der Waals surface area contributed by atoms with E-state index in [1.165, 1.54) is 0 Å². The van der Waals surface area contributed by atoms with Crippen molar-refractivity contribution in [2.24, 2.45) is 0 Å². The Labute approximate surface area is 102 Å². The quantitative estimate of drug-likeness (QED) is 0.564. The van der Waals surface area contributed by atoms with Crippen LogP contribution in [0, 0.1) is 0 Å². The number of rotatable bonds is 2. The molecule has 1 N–H and O–H groups in total. The molecule has 86 valence electrons. The Hall–Kier alpha value is -0.590. The van der Waals surface area contributed by atoms with E-state index in [0.29, 0.717) is 21.3 Å². The molecule has 0 saturated heterocycles. The van der Waals surface area contributed by atoms with E-state index in [1.807, 2.05) is 28.2 Å². The summed E-state index contributed by atoms with van der Waals surface area (Å²) in [5, 5.41) is 4.03. The first-order valence-electron chi connectivity index (χ1n) is 4.52. The molecule has 0 aliphatic carbocycles. The van der Waals surface area contributed by atoms with Gasteiger partial charge in [0.25, 0.3) is 5.11 Å². The summed E-state index contributed by atoms with van der Waals surface area (Å²) in [6.07, 6.45) is 0. The Morgan fingerprint density at radius 2 is 1.80 bits per heavy atom. The summed E-state index contributed by atoms with van der Waals surface area (Å²) in [6, 6.07) is 0. The summed E-state index contributed by atoms with van der Waals surface area (Å²) in [7, 11) is 7.41. The first-order chi connectivity index (χ1) is 6.66. The second-order valence-corrected chi connectivity index (χ2v) is 4.95. The van der Waals surface area contributed by atoms with E-state index in [1.54, 1.807) is 11.8 Å². The average Bonchev–Trinajstić information content (AvgIpc) is 2.01. The number of nitrogens with zero attached hydrogens (tertiary/aromatic N) is 2. The lowest BCUT2D eigenvalue weighted by molar-refractivity contribution is -0.789. The van der Waals surface area contributed by atoms with Crippen LogP contribution in [0.2, 0.25) is 0 Å². The third kappa shape index (κ3) is 5.15. The molecule has 0 aromatic carbocycles. The van der Waals surface area contributed by atoms with Crippen LogP contribution in [-0.4, -0.2) is 60.1 Å². The predicted octanol–water partition coefficient (Wildman–Crippen LogP) is 0.373. The van der Waals surface area contributed by atoms with Crippen LogP contribution in [0.15, 0.2) is 0 Å². The zero-order valence-electron chi connectivity index (χ0n) is 9.83. The Balaban J connectivity index is 4.44. The summed E-state index contributed by atoms with van der Waals surface area (Å²) >= 11 is 10.3. The third-order valence-corrected chi connectivity index (χ3v) is 2.85. The molecule has 4 nitrogen and oxygen atoms in total. The number of hydrogen-bond donors (Lipinski definition) is 1. The van der Waals surface area contributed by atoms with Crippen LogP contribution in [0.3, 0.4) is 0 Å². The minimum atomic E-state index is 0.0971. The molecule has 15 heavy (non-hydrogen) atoms. The molecule has 0 saturated carbocycles. The molecule has 0 atom stereocenters. The number of carbonyl (C=O) groups excluding carboxylic acids is 1. The van der Waals surface area contributed by atoms with Gasteiger partial charge in [0.2, 0.25) is 0 Å². The van der Waals surface area contributed by atoms with Crippen LogP contribution >= 0.6 is 24.4 Å². The van der Waals surface area contributed by atoms with Crippen LogP contribution < -0.4 is 5.32 Å². The molecule has 0 aromatic heterocycles. The van der Waals surface area contributed by atoms with Crippen LogP contribution in [0.4, 0.5) is 0 Å². The van der Waals surface area contributed by atoms with Crippen LogP contribution in [0.25, 0.3) is 0 Å². The maximum absolute atomic E-state index is 11.0. The Morgan fingerprint density at radius 3 is 2.13 bits per heavy atom. The molecule has 6 heteroatoms. The molecule has 0 heterocycles. The third-order valence-electron chi connectivity index (χ3n) is 1.79. The molecule has 0 aliphatic heterocycles. The predicted molar refractivity (Wildman–Crippen MR) is 69.7 cm³/mol. The minimum absolute atomic E-state index is 0.0971. The van der Waals surface area contributed by atoms with Crippen molar-refractivity contribution < 1.29 is 9.28 Å². The SMILES string of the molecule is CC(=O)C[N+](C)(C)C(=S)NC(=S)N(C)C. The van der Waals surface area contributed by atoms with E-state index >= 15 is 0 Å². The zero-order chi connectivity index (χ0) is 12.2. The molecule has 0 radical (unpaired) electrons. The highest BCUT2D eigenvalue weighted by molar-refractivity contribution is 7.81. The van der Waals surface area contributed by atoms with Gasteiger partial charge in [-0.25, -0.2) is 0 Å². The van der Waals surface area contributed by atoms with Crippen LogP contribution in [0.1, 0.15) is 6.92 Å². The number of carbonyl (C=O) groups is 1. The molecule has 0 aromatic rings. The number of quaternary nitrogens is 1. The number of likely N-dealkylation sites (N-methyl/N-ethyl adjacent to an activating group) is 1. The Morgan fingerprint density at radius 1 is 1.33 bits per heavy atom. The summed E-state index contributed by atoms with van der Waals surface area (Å²) in [4.78, 5) is 12.8. The fourth-order valence-electron chi connectivity index (χ4n) is 0.983. The van der Waals surface area contributed by atoms with Crippen molar-refractivity contribution in [3.8, 4) is 0 Å². The van der Waals surface area contributed by atoms with Crippen LogP contribution in [-0.2, 0) is 4.79 Å². The van der Waals surface area contributed by atoms with Crippen molar-refractivity contribution in [1.29, 1.82) is 0 Å². The molecule has 0 spiro atoms. The van der Waals surface area contributed by atoms with Gasteiger partial charge in [-0.3, -0.25) is 14.6 Å². The van der Waals surface area contributed by atoms with Gasteiger partial charge in [0.05, 0.1) is 14.1 Å². The van der Waals surface area contributed by atoms with Crippen molar-refractivity contribution in [1.82, 2.24) is 10.2 Å². The van der Waals surface area contributed by atoms with Gasteiger partial charge in [0, 0.05) is 33.2 Å². The summed E-state index contributed by atoms with van der Waals surface area (Å²) in [5.74, 6) is 0.0971. The van der Waals surface area contributed by atoms with Gasteiger partial charge in [0.15, 0.2) is 10.9 Å². The van der Waals surface area contributed by atoms with Gasteiger partial charge in [0.1, 0.15) is 6.54 Å². The number of ketones is 1. The van der Waals surface area contributed by atoms with Crippen molar-refractivity contribution in [2.75, 3.05) is 34.7 Å². The first kappa shape index (κ1) is 14.4. The van der Waals surface area contributed by atoms with Gasteiger partial charge in [-0.15, -0.1) is 0 Å². The lowest BCUT2D eigenvalue weighted by atomic mass is 10.4. The van der Waals surface area contributed by atoms with E-state index in [4.69, 9.17) is 24.4 Å². The van der Waals surface area contributed by atoms with E-state index in [-0.39, 0.29) is 5.78 Å². The standard InChI is InChI=1S/C9H17N3OS2/c1-7(13)6-12(4,5)9(15)10-8(14)11(2)3/h6H2,1-5H3/p+1. The lowest BCUT2D eigenvalue weighted by Gasteiger charge is -2.29. The van der Waals surface area contributed by atoms with Crippen molar-refractivity contribution in [3.05, 3.63) is 0 Å². The highest BCUT2D eigenvalue weighted by atomic mass is 32.1. The van der Waals surface area contributed by atoms with Gasteiger partial charge in [-0.2, -0.15) is 0 Å². The second kappa shape index (κ2) is 5.48. The molecule has 0 bridgehead atoms. The average molecular weight is 248 g/mol. The molecule has 0 amide bonds. The monoisotopic (exact) mass is 248 g/mol. The smallest absolute Gasteiger partial charge is 0.276 e. The molecule has 0 unspecified atom stereocenters. The maximum atomic E-state index is 11.0. The van der Waals surface area contributed by atoms with Crippen LogP contribution in [0.5, 0.6) is 0 Å². The number of nitrogens with one attached hydrogen (secondary N) is 1. The Kier molecular flexibility index (Phi) is 5.27. The van der Waals surface area contributed by atoms with Gasteiger partial charge >= 0.3 is 0 Å². The molecule has 0 rings (SSSR count). The number of thiocarbonyl (C=S) groups is 2. The second-order valence-electron chi connectivity index (χ2n) is 4.17. The topological polar surface area (TPSA) is 32.3 Å². The van der Waals surface area contributed by atoms with Crippen molar-refractivity contribution in [3.63, 3.8) is 0 Å². The van der Waals surface area contributed by atoms with Crippen molar-refractivity contribution >= 4 is 40.4 Å². The maximum Gasteiger partial charge on any atom is 0.276 e. The lowest BCUT2D eigenvalue weighted by Crippen LogP contribution is -2.56. The highest BCUT2D eigenvalue weighted by Gasteiger charge is 2.25. The molecular formula is C9H18N3OS2+. The van der Waals surface area contributed by atoms with Gasteiger partial charge in [-0.1, -0.05) is 0 Å². The largest absolute Gasteiger partial charge is 0.355 e. The number of hydrogen-bond acceptors (Lipinski definition) is 3. The van der Waals surface area contributed by atoms with Gasteiger partial charge in [-0.05, 0) is 12.2 Å².